The Balaban J connectivity index is 2.49. The first-order valence-electron chi connectivity index (χ1n) is 4.22. The Morgan fingerprint density at radius 2 is 2.00 bits per heavy atom. The quantitative estimate of drug-likeness (QED) is 0.624. The van der Waals surface area contributed by atoms with Crippen LogP contribution in [0.1, 0.15) is 26.2 Å². The Labute approximate surface area is 69.7 Å². The molecule has 1 nitrogen and oxygen atoms in total. The maximum Gasteiger partial charge on any atom is 0.141 e. The average molecular weight is 172 g/mol. The molecule has 1 heterocycles. The topological polar surface area (TPSA) is 17.1 Å². The number of rotatable bonds is 2. The Morgan fingerprint density at radius 1 is 1.45 bits per heavy atom. The molecule has 1 aliphatic rings. The Kier molecular flexibility index (Phi) is 2.80. The van der Waals surface area contributed by atoms with Gasteiger partial charge in [0.15, 0.2) is 0 Å². The molecule has 0 radical (unpaired) electrons. The van der Waals surface area contributed by atoms with Crippen LogP contribution in [-0.4, -0.2) is 23.0 Å². The summed E-state index contributed by atoms with van der Waals surface area (Å²) in [5.74, 6) is 3.28. The van der Waals surface area contributed by atoms with Gasteiger partial charge in [-0.3, -0.25) is 4.79 Å². The van der Waals surface area contributed by atoms with Crippen molar-refractivity contribution in [2.24, 2.45) is 0 Å². The summed E-state index contributed by atoms with van der Waals surface area (Å²) in [5, 5.41) is 0. The van der Waals surface area contributed by atoms with Gasteiger partial charge in [-0.25, -0.2) is 0 Å². The normalized spacial score (nSPS) is 21.8. The smallest absolute Gasteiger partial charge is 0.141 e. The molecule has 1 rings (SSSR count). The van der Waals surface area contributed by atoms with Crippen molar-refractivity contribution >= 4 is 15.2 Å². The first-order chi connectivity index (χ1) is 5.16. The molecule has 0 bridgehead atoms. The molecule has 0 N–H and O–H groups in total. The van der Waals surface area contributed by atoms with E-state index < -0.39 is 9.44 Å². The molecule has 1 fully saturated rings. The third-order valence-corrected chi connectivity index (χ3v) is 5.29. The number of Topliss-reactive ketones (excluding diaryl/α,β-unsaturated/α-hetero) is 1. The van der Waals surface area contributed by atoms with E-state index in [0.29, 0.717) is 18.0 Å². The largest absolute Gasteiger partial charge is 0.299 e. The lowest BCUT2D eigenvalue weighted by Crippen LogP contribution is -2.06. The lowest BCUT2D eigenvalue weighted by Gasteiger charge is -2.14. The molecule has 11 heavy (non-hydrogen) atoms. The molecule has 0 unspecified atom stereocenters. The zero-order valence-electron chi connectivity index (χ0n) is 7.14. The van der Waals surface area contributed by atoms with Crippen LogP contribution in [0.2, 0.25) is 0 Å². The zero-order chi connectivity index (χ0) is 8.32. The van der Waals surface area contributed by atoms with Crippen LogP contribution in [-0.2, 0) is 4.79 Å². The fourth-order valence-corrected chi connectivity index (χ4v) is 4.34. The molecule has 64 valence electrons. The van der Waals surface area contributed by atoms with E-state index in [1.807, 2.05) is 6.92 Å². The van der Waals surface area contributed by atoms with Crippen LogP contribution in [0.15, 0.2) is 0 Å². The molecule has 0 aromatic rings. The van der Waals surface area contributed by atoms with Crippen molar-refractivity contribution < 1.29 is 4.79 Å². The monoisotopic (exact) mass is 172 g/mol. The van der Waals surface area contributed by atoms with Crippen molar-refractivity contribution in [3.05, 3.63) is 0 Å². The van der Waals surface area contributed by atoms with Gasteiger partial charge in [-0.15, -0.1) is 5.69 Å². The van der Waals surface area contributed by atoms with E-state index in [-0.39, 0.29) is 0 Å². The number of hydrogen-bond donors (Lipinski definition) is 0. The van der Waals surface area contributed by atoms with Crippen LogP contribution < -0.4 is 0 Å². The molecule has 0 saturated carbocycles. The fraction of sp³-hybridized carbons (Fsp3) is 0.778. The van der Waals surface area contributed by atoms with Gasteiger partial charge in [0.1, 0.15) is 5.78 Å². The first-order valence-corrected chi connectivity index (χ1v) is 6.42. The molecule has 0 aromatic heterocycles. The van der Waals surface area contributed by atoms with Crippen LogP contribution in [0.4, 0.5) is 0 Å². The summed E-state index contributed by atoms with van der Waals surface area (Å²) in [7, 11) is -0.965. The van der Waals surface area contributed by atoms with Crippen molar-refractivity contribution in [1.82, 2.24) is 0 Å². The summed E-state index contributed by atoms with van der Waals surface area (Å²) >= 11 is 0. The van der Waals surface area contributed by atoms with Gasteiger partial charge in [-0.2, -0.15) is 9.44 Å². The number of ketones is 1. The second-order valence-corrected chi connectivity index (χ2v) is 6.59. The van der Waals surface area contributed by atoms with Gasteiger partial charge in [0.05, 0.1) is 0 Å². The van der Waals surface area contributed by atoms with Crippen molar-refractivity contribution in [2.75, 3.05) is 17.3 Å². The number of carbonyl (C=O) groups is 1. The highest BCUT2D eigenvalue weighted by Gasteiger charge is 2.18. The van der Waals surface area contributed by atoms with Gasteiger partial charge in [0.25, 0.3) is 0 Å². The Hall–Kier alpha value is -0.200. The standard InChI is InChI=1S/C9H16OS/c1-3-9(10)8-11(2)6-4-5-7-11/h2H,3-8H2,1H3. The van der Waals surface area contributed by atoms with Gasteiger partial charge in [-0.05, 0) is 24.3 Å². The van der Waals surface area contributed by atoms with E-state index in [0.717, 1.165) is 11.5 Å². The molecule has 2 heteroatoms. The molecule has 0 aliphatic carbocycles. The summed E-state index contributed by atoms with van der Waals surface area (Å²) in [6, 6.07) is 0. The molecular weight excluding hydrogens is 156 g/mol. The third-order valence-electron chi connectivity index (χ3n) is 2.19. The van der Waals surface area contributed by atoms with Gasteiger partial charge in [0.2, 0.25) is 0 Å². The molecule has 0 amide bonds. The zero-order valence-corrected chi connectivity index (χ0v) is 7.95. The Bertz CT molecular complexity index is 231. The van der Waals surface area contributed by atoms with Crippen LogP contribution in [0.3, 0.4) is 0 Å². The second-order valence-electron chi connectivity index (χ2n) is 3.26. The van der Waals surface area contributed by atoms with E-state index in [4.69, 9.17) is 5.69 Å². The maximum atomic E-state index is 11.1. The number of carbonyl (C=O) groups excluding carboxylic acids is 1. The van der Waals surface area contributed by atoms with Crippen molar-refractivity contribution in [1.29, 1.82) is 0 Å². The Morgan fingerprint density at radius 3 is 2.45 bits per heavy atom. The SMILES string of the molecule is C#S1(CC(=O)CC)CCCC1. The molecule has 0 spiro atoms. The van der Waals surface area contributed by atoms with E-state index >= 15 is 0 Å². The molecule has 0 atom stereocenters. The minimum absolute atomic E-state index is 0.351. The second kappa shape index (κ2) is 3.46. The van der Waals surface area contributed by atoms with Gasteiger partial charge in [0, 0.05) is 12.2 Å². The lowest BCUT2D eigenvalue weighted by atomic mass is 10.4. The van der Waals surface area contributed by atoms with Crippen molar-refractivity contribution in [3.63, 3.8) is 0 Å². The van der Waals surface area contributed by atoms with Crippen LogP contribution in [0.25, 0.3) is 0 Å². The maximum absolute atomic E-state index is 11.1. The minimum atomic E-state index is -0.965. The van der Waals surface area contributed by atoms with Gasteiger partial charge < -0.3 is 0 Å². The average Bonchev–Trinajstić information content (AvgIpc) is 2.36. The summed E-state index contributed by atoms with van der Waals surface area (Å²) in [6.45, 7) is 1.92. The van der Waals surface area contributed by atoms with Gasteiger partial charge >= 0.3 is 0 Å². The highest BCUT2D eigenvalue weighted by molar-refractivity contribution is 8.24. The first kappa shape index (κ1) is 8.89. The summed E-state index contributed by atoms with van der Waals surface area (Å²) < 4.78 is 0. The fourth-order valence-electron chi connectivity index (χ4n) is 1.45. The summed E-state index contributed by atoms with van der Waals surface area (Å²) in [6.07, 6.45) is 3.14. The predicted molar refractivity (Wildman–Crippen MR) is 51.7 cm³/mol. The van der Waals surface area contributed by atoms with E-state index in [2.05, 4.69) is 0 Å². The summed E-state index contributed by atoms with van der Waals surface area (Å²) in [5.41, 5.74) is 6.10. The van der Waals surface area contributed by atoms with E-state index in [1.54, 1.807) is 0 Å². The molecule has 1 aliphatic heterocycles. The highest BCUT2D eigenvalue weighted by atomic mass is 32.2. The van der Waals surface area contributed by atoms with Crippen LogP contribution >= 0.6 is 9.44 Å². The molecular formula is C9H16OS. The molecule has 1 saturated heterocycles. The van der Waals surface area contributed by atoms with Crippen molar-refractivity contribution in [2.45, 2.75) is 26.2 Å². The van der Waals surface area contributed by atoms with E-state index in [9.17, 15) is 4.79 Å². The van der Waals surface area contributed by atoms with E-state index in [1.165, 1.54) is 12.8 Å². The highest BCUT2D eigenvalue weighted by Crippen LogP contribution is 2.39. The lowest BCUT2D eigenvalue weighted by molar-refractivity contribution is -0.116. The van der Waals surface area contributed by atoms with Crippen LogP contribution in [0.5, 0.6) is 0 Å². The van der Waals surface area contributed by atoms with Crippen molar-refractivity contribution in [3.8, 4) is 5.69 Å². The predicted octanol–water partition coefficient (Wildman–Crippen LogP) is 2.15. The van der Waals surface area contributed by atoms with Crippen LogP contribution in [0, 0.1) is 5.69 Å². The third kappa shape index (κ3) is 2.39. The molecule has 0 aromatic carbocycles. The number of hydrogen-bond acceptors (Lipinski definition) is 1. The summed E-state index contributed by atoms with van der Waals surface area (Å²) in [4.78, 5) is 11.1. The van der Waals surface area contributed by atoms with Gasteiger partial charge in [-0.1, -0.05) is 6.92 Å². The minimum Gasteiger partial charge on any atom is -0.299 e.